The predicted octanol–water partition coefficient (Wildman–Crippen LogP) is 2.94. The highest BCUT2D eigenvalue weighted by molar-refractivity contribution is 9.10. The Morgan fingerprint density at radius 1 is 1.48 bits per heavy atom. The van der Waals surface area contributed by atoms with Crippen molar-refractivity contribution in [3.8, 4) is 0 Å². The van der Waals surface area contributed by atoms with Crippen molar-refractivity contribution in [2.45, 2.75) is 43.9 Å². The highest BCUT2D eigenvalue weighted by Gasteiger charge is 2.23. The fourth-order valence-electron chi connectivity index (χ4n) is 2.33. The zero-order chi connectivity index (χ0) is 16.4. The quantitative estimate of drug-likeness (QED) is 0.603. The van der Waals surface area contributed by atoms with Crippen molar-refractivity contribution in [3.05, 3.63) is 33.0 Å². The van der Waals surface area contributed by atoms with Gasteiger partial charge >= 0.3 is 0 Å². The van der Waals surface area contributed by atoms with Gasteiger partial charge in [0.25, 0.3) is 5.56 Å². The lowest BCUT2D eigenvalue weighted by molar-refractivity contribution is -0.118. The lowest BCUT2D eigenvalue weighted by Gasteiger charge is -2.12. The van der Waals surface area contributed by atoms with Gasteiger partial charge in [0.15, 0.2) is 5.16 Å². The number of hydrogen-bond acceptors (Lipinski definition) is 4. The maximum Gasteiger partial charge on any atom is 0.262 e. The number of nitrogens with zero attached hydrogens (tertiary/aromatic N) is 2. The largest absolute Gasteiger partial charge is 0.353 e. The summed E-state index contributed by atoms with van der Waals surface area (Å²) in [5, 5.41) is 4.16. The molecule has 7 heteroatoms. The summed E-state index contributed by atoms with van der Waals surface area (Å²) in [6.45, 7) is 2.62. The van der Waals surface area contributed by atoms with Gasteiger partial charge in [-0.1, -0.05) is 34.6 Å². The Morgan fingerprint density at radius 2 is 2.26 bits per heavy atom. The molecule has 1 aliphatic carbocycles. The number of rotatable bonds is 6. The molecule has 0 aliphatic heterocycles. The molecule has 2 aromatic rings. The van der Waals surface area contributed by atoms with Crippen LogP contribution in [0, 0.1) is 0 Å². The van der Waals surface area contributed by atoms with E-state index in [1.807, 2.05) is 19.1 Å². The van der Waals surface area contributed by atoms with Gasteiger partial charge in [0.05, 0.1) is 16.7 Å². The van der Waals surface area contributed by atoms with E-state index in [1.54, 1.807) is 10.6 Å². The van der Waals surface area contributed by atoms with Gasteiger partial charge in [0.1, 0.15) is 0 Å². The maximum atomic E-state index is 12.7. The van der Waals surface area contributed by atoms with Crippen LogP contribution in [0.15, 0.2) is 32.6 Å². The van der Waals surface area contributed by atoms with Crippen molar-refractivity contribution in [3.63, 3.8) is 0 Å². The minimum absolute atomic E-state index is 0.00528. The highest BCUT2D eigenvalue weighted by atomic mass is 79.9. The number of amides is 1. The maximum absolute atomic E-state index is 12.7. The van der Waals surface area contributed by atoms with Crippen LogP contribution in [0.3, 0.4) is 0 Å². The number of aromatic nitrogens is 2. The van der Waals surface area contributed by atoms with E-state index in [2.05, 4.69) is 26.2 Å². The van der Waals surface area contributed by atoms with E-state index in [4.69, 9.17) is 0 Å². The van der Waals surface area contributed by atoms with Gasteiger partial charge in [-0.3, -0.25) is 14.2 Å². The molecule has 5 nitrogen and oxygen atoms in total. The van der Waals surface area contributed by atoms with Crippen molar-refractivity contribution in [1.29, 1.82) is 0 Å². The van der Waals surface area contributed by atoms with Crippen LogP contribution in [0.4, 0.5) is 0 Å². The van der Waals surface area contributed by atoms with E-state index in [1.165, 1.54) is 11.8 Å². The number of fused-ring (bicyclic) bond motifs is 1. The molecule has 23 heavy (non-hydrogen) atoms. The second kappa shape index (κ2) is 7.05. The zero-order valence-electron chi connectivity index (χ0n) is 12.8. The van der Waals surface area contributed by atoms with Crippen molar-refractivity contribution in [1.82, 2.24) is 14.9 Å². The first-order valence-corrected chi connectivity index (χ1v) is 9.48. The minimum atomic E-state index is -0.0525. The first-order chi connectivity index (χ1) is 11.1. The van der Waals surface area contributed by atoms with E-state index in [0.29, 0.717) is 28.6 Å². The van der Waals surface area contributed by atoms with Crippen molar-refractivity contribution >= 4 is 44.5 Å². The third kappa shape index (κ3) is 3.95. The SMILES string of the molecule is CCCn1c(SCC(=O)NC2CC2)nc2ccc(Br)cc2c1=O. The predicted molar refractivity (Wildman–Crippen MR) is 95.9 cm³/mol. The van der Waals surface area contributed by atoms with E-state index in [0.717, 1.165) is 23.7 Å². The van der Waals surface area contributed by atoms with E-state index in [-0.39, 0.29) is 17.2 Å². The molecular weight excluding hydrogens is 378 g/mol. The van der Waals surface area contributed by atoms with Crippen LogP contribution in [0.25, 0.3) is 10.9 Å². The fourth-order valence-corrected chi connectivity index (χ4v) is 3.53. The summed E-state index contributed by atoms with van der Waals surface area (Å²) in [7, 11) is 0. The summed E-state index contributed by atoms with van der Waals surface area (Å²) in [4.78, 5) is 29.2. The zero-order valence-corrected chi connectivity index (χ0v) is 15.2. The average Bonchev–Trinajstić information content (AvgIpc) is 3.33. The van der Waals surface area contributed by atoms with Crippen LogP contribution in [0.5, 0.6) is 0 Å². The Kier molecular flexibility index (Phi) is 5.06. The van der Waals surface area contributed by atoms with Crippen LogP contribution in [-0.2, 0) is 11.3 Å². The molecule has 1 fully saturated rings. The number of halogens is 1. The first-order valence-electron chi connectivity index (χ1n) is 7.70. The number of benzene rings is 1. The Morgan fingerprint density at radius 3 is 2.96 bits per heavy atom. The Bertz CT molecular complexity index is 802. The van der Waals surface area contributed by atoms with E-state index in [9.17, 15) is 9.59 Å². The van der Waals surface area contributed by atoms with Crippen LogP contribution in [-0.4, -0.2) is 27.3 Å². The van der Waals surface area contributed by atoms with Crippen LogP contribution in [0.2, 0.25) is 0 Å². The number of hydrogen-bond donors (Lipinski definition) is 1. The molecule has 3 rings (SSSR count). The molecule has 0 atom stereocenters. The molecule has 122 valence electrons. The highest BCUT2D eigenvalue weighted by Crippen LogP contribution is 2.22. The van der Waals surface area contributed by atoms with E-state index >= 15 is 0 Å². The molecule has 1 saturated carbocycles. The topological polar surface area (TPSA) is 64.0 Å². The molecule has 1 aromatic carbocycles. The minimum Gasteiger partial charge on any atom is -0.353 e. The normalized spacial score (nSPS) is 14.2. The summed E-state index contributed by atoms with van der Waals surface area (Å²) in [5.74, 6) is 0.292. The molecule has 1 aliphatic rings. The van der Waals surface area contributed by atoms with Crippen LogP contribution in [0.1, 0.15) is 26.2 Å². The number of thioether (sulfide) groups is 1. The Balaban J connectivity index is 1.90. The van der Waals surface area contributed by atoms with Gasteiger partial charge in [-0.25, -0.2) is 4.98 Å². The fraction of sp³-hybridized carbons (Fsp3) is 0.438. The summed E-state index contributed by atoms with van der Waals surface area (Å²) in [6.07, 6.45) is 2.98. The van der Waals surface area contributed by atoms with Crippen LogP contribution < -0.4 is 10.9 Å². The molecule has 1 heterocycles. The van der Waals surface area contributed by atoms with E-state index < -0.39 is 0 Å². The van der Waals surface area contributed by atoms with Gasteiger partial charge in [0.2, 0.25) is 5.91 Å². The number of nitrogens with one attached hydrogen (secondary N) is 1. The molecule has 0 bridgehead atoms. The monoisotopic (exact) mass is 395 g/mol. The summed E-state index contributed by atoms with van der Waals surface area (Å²) in [6, 6.07) is 5.84. The van der Waals surface area contributed by atoms with Gasteiger partial charge in [-0.15, -0.1) is 0 Å². The van der Waals surface area contributed by atoms with Gasteiger partial charge < -0.3 is 5.32 Å². The van der Waals surface area contributed by atoms with Crippen molar-refractivity contribution in [2.75, 3.05) is 5.75 Å². The Hall–Kier alpha value is -1.34. The molecule has 0 saturated heterocycles. The van der Waals surface area contributed by atoms with Crippen molar-refractivity contribution in [2.24, 2.45) is 0 Å². The molecule has 0 spiro atoms. The number of carbonyl (C=O) groups is 1. The molecule has 0 unspecified atom stereocenters. The molecule has 1 aromatic heterocycles. The van der Waals surface area contributed by atoms with Gasteiger partial charge in [0, 0.05) is 17.1 Å². The third-order valence-corrected chi connectivity index (χ3v) is 5.07. The lowest BCUT2D eigenvalue weighted by Crippen LogP contribution is -2.28. The molecule has 0 radical (unpaired) electrons. The second-order valence-electron chi connectivity index (χ2n) is 5.64. The lowest BCUT2D eigenvalue weighted by atomic mass is 10.2. The molecule has 1 amide bonds. The smallest absolute Gasteiger partial charge is 0.262 e. The summed E-state index contributed by atoms with van der Waals surface area (Å²) >= 11 is 4.72. The standard InChI is InChI=1S/C16H18BrN3O2S/c1-2-7-20-15(22)12-8-10(17)3-6-13(12)19-16(20)23-9-14(21)18-11-4-5-11/h3,6,8,11H,2,4-5,7,9H2,1H3,(H,18,21). The Labute approximate surface area is 147 Å². The molecular formula is C16H18BrN3O2S. The summed E-state index contributed by atoms with van der Waals surface area (Å²) in [5.41, 5.74) is 0.610. The second-order valence-corrected chi connectivity index (χ2v) is 7.50. The summed E-state index contributed by atoms with van der Waals surface area (Å²) < 4.78 is 2.53. The van der Waals surface area contributed by atoms with Gasteiger partial charge in [-0.05, 0) is 37.5 Å². The molecule has 1 N–H and O–H groups in total. The number of carbonyl (C=O) groups excluding carboxylic acids is 1. The van der Waals surface area contributed by atoms with Crippen molar-refractivity contribution < 1.29 is 4.79 Å². The first kappa shape index (κ1) is 16.5. The van der Waals surface area contributed by atoms with Crippen LogP contribution >= 0.6 is 27.7 Å². The third-order valence-electron chi connectivity index (χ3n) is 3.60. The average molecular weight is 396 g/mol. The van der Waals surface area contributed by atoms with Gasteiger partial charge in [-0.2, -0.15) is 0 Å².